The van der Waals surface area contributed by atoms with Gasteiger partial charge in [-0.05, 0) is 76.7 Å². The van der Waals surface area contributed by atoms with Crippen molar-refractivity contribution in [3.63, 3.8) is 0 Å². The maximum Gasteiger partial charge on any atom is 0.0203 e. The van der Waals surface area contributed by atoms with Crippen LogP contribution >= 0.6 is 37.0 Å². The van der Waals surface area contributed by atoms with Gasteiger partial charge in [-0.25, -0.2) is 0 Å². The summed E-state index contributed by atoms with van der Waals surface area (Å²) in [5, 5.41) is -1.07. The van der Waals surface area contributed by atoms with Gasteiger partial charge in [-0.2, -0.15) is 0 Å². The van der Waals surface area contributed by atoms with Gasteiger partial charge in [0.25, 0.3) is 0 Å². The minimum Gasteiger partial charge on any atom is -0.125 e. The van der Waals surface area contributed by atoms with Crippen LogP contribution in [0.25, 0.3) is 11.1 Å². The van der Waals surface area contributed by atoms with Gasteiger partial charge in [-0.3, -0.25) is 0 Å². The number of rotatable bonds is 5. The van der Waals surface area contributed by atoms with Crippen molar-refractivity contribution in [2.24, 2.45) is 43.3 Å². The highest BCUT2D eigenvalue weighted by atomic mass is 31.0. The third kappa shape index (κ3) is 7.38. The summed E-state index contributed by atoms with van der Waals surface area (Å²) in [6, 6.07) is 14.7. The lowest BCUT2D eigenvalue weighted by Crippen LogP contribution is -2.52. The normalized spacial score (nSPS) is 15.7. The predicted octanol–water partition coefficient (Wildman–Crippen LogP) is 16.0. The Kier molecular flexibility index (Phi) is 12.9. The van der Waals surface area contributed by atoms with Crippen LogP contribution in [0.4, 0.5) is 0 Å². The molecule has 0 aliphatic rings. The standard InChI is InChI=1S/C48H86P4/c1-37(2,3)45(49,38(4,5)6)33-29-25-27-31(35(33)47(51,41(13,14)15)42(16,17)18)32-28-26-30-34(46(50,39(7,8)9)40(10,11)12)36(32)48(52,43(19,20)21)44(22,23)24/h25-30H,49-52H2,1-24H3. The summed E-state index contributed by atoms with van der Waals surface area (Å²) in [5.41, 5.74) is 7.98. The highest BCUT2D eigenvalue weighted by Crippen LogP contribution is 2.69. The Morgan fingerprint density at radius 2 is 0.442 bits per heavy atom. The fourth-order valence-electron chi connectivity index (χ4n) is 10.7. The van der Waals surface area contributed by atoms with Crippen molar-refractivity contribution in [2.75, 3.05) is 0 Å². The molecule has 298 valence electrons. The molecule has 0 spiro atoms. The maximum atomic E-state index is 3.53. The minimum atomic E-state index is -0.295. The number of benzene rings is 2. The monoisotopic (exact) mass is 787 g/mol. The molecule has 4 unspecified atom stereocenters. The first-order valence-electron chi connectivity index (χ1n) is 19.9. The van der Waals surface area contributed by atoms with Crippen molar-refractivity contribution in [2.45, 2.75) is 187 Å². The predicted molar refractivity (Wildman–Crippen MR) is 253 cm³/mol. The van der Waals surface area contributed by atoms with E-state index in [-0.39, 0.29) is 63.9 Å². The van der Waals surface area contributed by atoms with E-state index in [2.05, 4.69) is 240 Å². The maximum absolute atomic E-state index is 3.53. The molecule has 52 heavy (non-hydrogen) atoms. The van der Waals surface area contributed by atoms with Gasteiger partial charge in [0.1, 0.15) is 0 Å². The molecule has 2 aromatic rings. The Hall–Kier alpha value is 0.160. The Bertz CT molecular complexity index is 1410. The lowest BCUT2D eigenvalue weighted by atomic mass is 9.54. The summed E-state index contributed by atoms with van der Waals surface area (Å²) in [4.78, 5) is 0. The van der Waals surface area contributed by atoms with Crippen LogP contribution in [0.15, 0.2) is 36.4 Å². The molecule has 0 saturated carbocycles. The molecule has 0 heterocycles. The average molecular weight is 787 g/mol. The summed E-state index contributed by atoms with van der Waals surface area (Å²) in [7, 11) is 14.0. The van der Waals surface area contributed by atoms with E-state index >= 15 is 0 Å². The molecular formula is C48H86P4. The lowest BCUT2D eigenvalue weighted by molar-refractivity contribution is 0.117. The van der Waals surface area contributed by atoms with E-state index in [4.69, 9.17) is 0 Å². The number of hydrogen-bond donors (Lipinski definition) is 0. The zero-order chi connectivity index (χ0) is 41.7. The molecule has 0 radical (unpaired) electrons. The third-order valence-electron chi connectivity index (χ3n) is 13.5. The van der Waals surface area contributed by atoms with Crippen molar-refractivity contribution < 1.29 is 0 Å². The second-order valence-corrected chi connectivity index (χ2v) is 28.2. The molecule has 0 aromatic heterocycles. The topological polar surface area (TPSA) is 0 Å². The smallest absolute Gasteiger partial charge is 0.0203 e. The SMILES string of the molecule is CC(C)(C)C(P)(c1cccc(-c2cccc(C(P)(C(C)(C)C)C(C)(C)C)c2C(P)(C(C)(C)C)C(C)(C)C)c1C(P)(C(C)(C)C)C(C)(C)C)C(C)(C)C. The third-order valence-corrected chi connectivity index (χ3v) is 21.6. The molecule has 2 rings (SSSR count). The van der Waals surface area contributed by atoms with Crippen molar-refractivity contribution in [1.29, 1.82) is 0 Å². The van der Waals surface area contributed by atoms with Crippen LogP contribution in [0.1, 0.15) is 188 Å². The molecule has 0 amide bonds. The van der Waals surface area contributed by atoms with Gasteiger partial charge >= 0.3 is 0 Å². The molecule has 0 bridgehead atoms. The van der Waals surface area contributed by atoms with Crippen LogP contribution in [0.5, 0.6) is 0 Å². The first kappa shape index (κ1) is 48.3. The molecule has 0 saturated heterocycles. The highest BCUT2D eigenvalue weighted by molar-refractivity contribution is 7.20. The van der Waals surface area contributed by atoms with Gasteiger partial charge in [-0.15, -0.1) is 37.0 Å². The molecule has 4 heteroatoms. The van der Waals surface area contributed by atoms with Gasteiger partial charge in [0.2, 0.25) is 0 Å². The molecular weight excluding hydrogens is 700 g/mol. The van der Waals surface area contributed by atoms with Crippen molar-refractivity contribution in [1.82, 2.24) is 0 Å². The van der Waals surface area contributed by atoms with Crippen LogP contribution < -0.4 is 0 Å². The minimum absolute atomic E-state index is 0.0514. The van der Waals surface area contributed by atoms with Gasteiger partial charge < -0.3 is 0 Å². The van der Waals surface area contributed by atoms with E-state index in [1.807, 2.05) is 0 Å². The Morgan fingerprint density at radius 1 is 0.269 bits per heavy atom. The Balaban J connectivity index is 3.82. The summed E-state index contributed by atoms with van der Waals surface area (Å²) >= 11 is 0. The quantitative estimate of drug-likeness (QED) is 0.265. The average Bonchev–Trinajstić information content (AvgIpc) is 2.89. The van der Waals surface area contributed by atoms with Gasteiger partial charge in [0.15, 0.2) is 0 Å². The Morgan fingerprint density at radius 3 is 0.596 bits per heavy atom. The van der Waals surface area contributed by atoms with Gasteiger partial charge in [-0.1, -0.05) is 203 Å². The lowest BCUT2D eigenvalue weighted by Gasteiger charge is -2.59. The Labute approximate surface area is 335 Å². The van der Waals surface area contributed by atoms with Crippen molar-refractivity contribution >= 4 is 37.0 Å². The van der Waals surface area contributed by atoms with E-state index in [9.17, 15) is 0 Å². The fraction of sp³-hybridized carbons (Fsp3) is 0.750. The summed E-state index contributed by atoms with van der Waals surface area (Å²) in [5.74, 6) is 0. The van der Waals surface area contributed by atoms with Crippen LogP contribution in [0.2, 0.25) is 0 Å². The molecule has 0 fully saturated rings. The van der Waals surface area contributed by atoms with E-state index < -0.39 is 0 Å². The van der Waals surface area contributed by atoms with Crippen molar-refractivity contribution in [3.8, 4) is 11.1 Å². The molecule has 4 atom stereocenters. The molecule has 0 aliphatic carbocycles. The van der Waals surface area contributed by atoms with Crippen LogP contribution in [-0.4, -0.2) is 0 Å². The van der Waals surface area contributed by atoms with Gasteiger partial charge in [0, 0.05) is 20.6 Å². The second kappa shape index (κ2) is 13.9. The first-order valence-corrected chi connectivity index (χ1v) is 22.2. The fourth-order valence-corrected chi connectivity index (χ4v) is 11.8. The van der Waals surface area contributed by atoms with Crippen molar-refractivity contribution in [3.05, 3.63) is 58.7 Å². The van der Waals surface area contributed by atoms with Crippen LogP contribution in [0, 0.1) is 43.3 Å². The zero-order valence-corrected chi connectivity index (χ0v) is 43.4. The molecule has 0 nitrogen and oxygen atoms in total. The van der Waals surface area contributed by atoms with Gasteiger partial charge in [0.05, 0.1) is 0 Å². The molecule has 0 aliphatic heterocycles. The van der Waals surface area contributed by atoms with Crippen LogP contribution in [0.3, 0.4) is 0 Å². The second-order valence-electron chi connectivity index (χ2n) is 24.7. The molecule has 2 aromatic carbocycles. The first-order chi connectivity index (χ1) is 22.5. The van der Waals surface area contributed by atoms with E-state index in [1.54, 1.807) is 0 Å². The summed E-state index contributed by atoms with van der Waals surface area (Å²) in [6.07, 6.45) is 0. The summed E-state index contributed by atoms with van der Waals surface area (Å²) < 4.78 is 0. The zero-order valence-electron chi connectivity index (χ0n) is 38.8. The highest BCUT2D eigenvalue weighted by Gasteiger charge is 2.59. The molecule has 0 N–H and O–H groups in total. The number of hydrogen-bond acceptors (Lipinski definition) is 0. The van der Waals surface area contributed by atoms with Crippen LogP contribution in [-0.2, 0) is 20.6 Å². The van der Waals surface area contributed by atoms with E-state index in [0.29, 0.717) is 0 Å². The largest absolute Gasteiger partial charge is 0.125 e. The van der Waals surface area contributed by atoms with E-state index in [0.717, 1.165) is 0 Å². The summed E-state index contributed by atoms with van der Waals surface area (Å²) in [6.45, 7) is 58.8. The van der Waals surface area contributed by atoms with E-state index in [1.165, 1.54) is 33.4 Å².